The third-order valence-electron chi connectivity index (χ3n) is 6.57. The zero-order valence-corrected chi connectivity index (χ0v) is 22.9. The van der Waals surface area contributed by atoms with Gasteiger partial charge in [-0.1, -0.05) is 50.8 Å². The van der Waals surface area contributed by atoms with Crippen molar-refractivity contribution in [2.24, 2.45) is 0 Å². The summed E-state index contributed by atoms with van der Waals surface area (Å²) in [4.78, 5) is 41.4. The molecule has 36 heavy (non-hydrogen) atoms. The van der Waals surface area contributed by atoms with E-state index < -0.39 is 36.3 Å². The highest BCUT2D eigenvalue weighted by Gasteiger charge is 2.36. The van der Waals surface area contributed by atoms with E-state index in [9.17, 15) is 19.5 Å². The maximum atomic E-state index is 13.8. The van der Waals surface area contributed by atoms with Crippen LogP contribution in [-0.4, -0.2) is 58.8 Å². The minimum atomic E-state index is -1.23. The zero-order valence-electron chi connectivity index (χ0n) is 22.9. The highest BCUT2D eigenvalue weighted by molar-refractivity contribution is 5.92. The second-order valence-electron chi connectivity index (χ2n) is 10.9. The molecule has 0 spiro atoms. The van der Waals surface area contributed by atoms with Gasteiger partial charge in [0.1, 0.15) is 17.7 Å². The Hall–Kier alpha value is -2.61. The Balaban J connectivity index is 2.41. The summed E-state index contributed by atoms with van der Waals surface area (Å²) >= 11 is 0. The number of unbranched alkanes of at least 4 members (excludes halogenated alkanes) is 1. The number of alkyl carbamates (subject to hydrolysis) is 1. The quantitative estimate of drug-likeness (QED) is 0.441. The highest BCUT2D eigenvalue weighted by atomic mass is 16.6. The Morgan fingerprint density at radius 3 is 2.33 bits per heavy atom. The van der Waals surface area contributed by atoms with Gasteiger partial charge in [0.05, 0.1) is 6.61 Å². The number of aliphatic hydroxyl groups excluding tert-OH is 1. The van der Waals surface area contributed by atoms with Gasteiger partial charge in [-0.3, -0.25) is 9.59 Å². The van der Waals surface area contributed by atoms with E-state index in [0.29, 0.717) is 18.5 Å². The van der Waals surface area contributed by atoms with Gasteiger partial charge >= 0.3 is 6.09 Å². The van der Waals surface area contributed by atoms with Crippen molar-refractivity contribution in [2.45, 2.75) is 110 Å². The molecule has 2 atom stereocenters. The summed E-state index contributed by atoms with van der Waals surface area (Å²) in [6.07, 6.45) is 5.86. The molecule has 0 bridgehead atoms. The molecule has 0 saturated heterocycles. The van der Waals surface area contributed by atoms with Gasteiger partial charge in [0, 0.05) is 12.6 Å². The first-order chi connectivity index (χ1) is 17.0. The number of amides is 3. The molecule has 3 amide bonds. The van der Waals surface area contributed by atoms with E-state index in [1.165, 1.54) is 11.3 Å². The van der Waals surface area contributed by atoms with E-state index in [0.717, 1.165) is 43.2 Å². The number of carbonyl (C=O) groups is 3. The maximum Gasteiger partial charge on any atom is 0.408 e. The summed E-state index contributed by atoms with van der Waals surface area (Å²) < 4.78 is 5.29. The van der Waals surface area contributed by atoms with E-state index >= 15 is 0 Å². The van der Waals surface area contributed by atoms with Gasteiger partial charge in [-0.05, 0) is 70.6 Å². The van der Waals surface area contributed by atoms with Crippen molar-refractivity contribution in [3.63, 3.8) is 0 Å². The second-order valence-corrected chi connectivity index (χ2v) is 10.9. The molecule has 2 unspecified atom stereocenters. The molecular weight excluding hydrogens is 458 g/mol. The van der Waals surface area contributed by atoms with Crippen LogP contribution >= 0.6 is 0 Å². The lowest BCUT2D eigenvalue weighted by molar-refractivity contribution is -0.143. The van der Waals surface area contributed by atoms with Gasteiger partial charge in [-0.15, -0.1) is 0 Å². The molecule has 8 nitrogen and oxygen atoms in total. The zero-order chi connectivity index (χ0) is 26.9. The first kappa shape index (κ1) is 29.6. The van der Waals surface area contributed by atoms with Crippen molar-refractivity contribution in [3.8, 4) is 0 Å². The lowest BCUT2D eigenvalue weighted by atomic mass is 9.94. The number of benzene rings is 1. The number of aliphatic hydroxyl groups is 1. The summed E-state index contributed by atoms with van der Waals surface area (Å²) in [5, 5.41) is 15.7. The first-order valence-electron chi connectivity index (χ1n) is 13.2. The van der Waals surface area contributed by atoms with Gasteiger partial charge in [0.2, 0.25) is 11.8 Å². The van der Waals surface area contributed by atoms with Crippen LogP contribution in [0.15, 0.2) is 18.2 Å². The minimum absolute atomic E-state index is 0.0805. The van der Waals surface area contributed by atoms with Crippen molar-refractivity contribution in [1.29, 1.82) is 0 Å². The maximum absolute atomic E-state index is 13.8. The van der Waals surface area contributed by atoms with Crippen molar-refractivity contribution in [1.82, 2.24) is 15.5 Å². The van der Waals surface area contributed by atoms with Crippen LogP contribution in [0, 0.1) is 13.8 Å². The molecule has 0 aliphatic heterocycles. The van der Waals surface area contributed by atoms with E-state index in [1.54, 1.807) is 20.8 Å². The minimum Gasteiger partial charge on any atom is -0.444 e. The van der Waals surface area contributed by atoms with Crippen molar-refractivity contribution in [2.75, 3.05) is 13.2 Å². The van der Waals surface area contributed by atoms with Crippen LogP contribution in [0.2, 0.25) is 0 Å². The first-order valence-corrected chi connectivity index (χ1v) is 13.2. The number of nitrogens with one attached hydrogen (secondary N) is 2. The highest BCUT2D eigenvalue weighted by Crippen LogP contribution is 2.27. The number of ether oxygens (including phenoxy) is 1. The average molecular weight is 504 g/mol. The normalized spacial score (nSPS) is 16.1. The summed E-state index contributed by atoms with van der Waals surface area (Å²) in [6.45, 7) is 10.9. The molecule has 1 aliphatic carbocycles. The standard InChI is InChI=1S/C28H45N3O5/c1-7-8-16-31(26(34)23(18-32)30-27(35)36-28(4,5)6)24(21-15-14-19(2)20(3)17-21)25(33)29-22-12-10-9-11-13-22/h14-15,17,22-24,32H,7-13,16,18H2,1-6H3,(H,29,33)(H,30,35). The van der Waals surface area contributed by atoms with Crippen molar-refractivity contribution >= 4 is 17.9 Å². The van der Waals surface area contributed by atoms with Crippen LogP contribution in [0.25, 0.3) is 0 Å². The van der Waals surface area contributed by atoms with Gasteiger partial charge in [0.15, 0.2) is 0 Å². The Morgan fingerprint density at radius 1 is 1.11 bits per heavy atom. The van der Waals surface area contributed by atoms with Gasteiger partial charge in [-0.2, -0.15) is 0 Å². The summed E-state index contributed by atoms with van der Waals surface area (Å²) in [7, 11) is 0. The Morgan fingerprint density at radius 2 is 1.78 bits per heavy atom. The Bertz CT molecular complexity index is 890. The molecular formula is C28H45N3O5. The van der Waals surface area contributed by atoms with Crippen LogP contribution in [0.1, 0.15) is 95.4 Å². The lowest BCUT2D eigenvalue weighted by Gasteiger charge is -2.35. The fourth-order valence-corrected chi connectivity index (χ4v) is 4.47. The fraction of sp³-hybridized carbons (Fsp3) is 0.679. The van der Waals surface area contributed by atoms with E-state index in [1.807, 2.05) is 39.0 Å². The second kappa shape index (κ2) is 13.6. The largest absolute Gasteiger partial charge is 0.444 e. The molecule has 202 valence electrons. The Kier molecular flexibility index (Phi) is 11.2. The SMILES string of the molecule is CCCCN(C(=O)C(CO)NC(=O)OC(C)(C)C)C(C(=O)NC1CCCCC1)c1ccc(C)c(C)c1. The van der Waals surface area contributed by atoms with Gasteiger partial charge < -0.3 is 25.4 Å². The number of aryl methyl sites for hydroxylation is 2. The molecule has 1 saturated carbocycles. The van der Waals surface area contributed by atoms with Crippen LogP contribution in [-0.2, 0) is 14.3 Å². The molecule has 0 heterocycles. The molecule has 1 aromatic rings. The van der Waals surface area contributed by atoms with Crippen LogP contribution in [0.3, 0.4) is 0 Å². The molecule has 1 aliphatic rings. The summed E-state index contributed by atoms with van der Waals surface area (Å²) in [6, 6.07) is 3.76. The summed E-state index contributed by atoms with van der Waals surface area (Å²) in [5.74, 6) is -0.748. The molecule has 3 N–H and O–H groups in total. The molecule has 0 aromatic heterocycles. The topological polar surface area (TPSA) is 108 Å². The van der Waals surface area contributed by atoms with E-state index in [4.69, 9.17) is 4.74 Å². The average Bonchev–Trinajstić information content (AvgIpc) is 2.81. The Labute approximate surface area is 216 Å². The lowest BCUT2D eigenvalue weighted by Crippen LogP contribution is -2.55. The van der Waals surface area contributed by atoms with Crippen molar-refractivity contribution < 1.29 is 24.2 Å². The smallest absolute Gasteiger partial charge is 0.408 e. The van der Waals surface area contributed by atoms with Crippen LogP contribution in [0.5, 0.6) is 0 Å². The van der Waals surface area contributed by atoms with Gasteiger partial charge in [-0.25, -0.2) is 4.79 Å². The number of hydrogen-bond donors (Lipinski definition) is 3. The fourth-order valence-electron chi connectivity index (χ4n) is 4.47. The summed E-state index contributed by atoms with van der Waals surface area (Å²) in [5.41, 5.74) is 2.08. The molecule has 1 aromatic carbocycles. The van der Waals surface area contributed by atoms with E-state index in [2.05, 4.69) is 10.6 Å². The molecule has 2 rings (SSSR count). The van der Waals surface area contributed by atoms with E-state index in [-0.39, 0.29) is 11.9 Å². The molecule has 8 heteroatoms. The van der Waals surface area contributed by atoms with Crippen molar-refractivity contribution in [3.05, 3.63) is 34.9 Å². The number of carbonyl (C=O) groups excluding carboxylic acids is 3. The number of rotatable bonds is 10. The third kappa shape index (κ3) is 8.80. The third-order valence-corrected chi connectivity index (χ3v) is 6.57. The number of nitrogens with zero attached hydrogens (tertiary/aromatic N) is 1. The van der Waals surface area contributed by atoms with Gasteiger partial charge in [0.25, 0.3) is 0 Å². The number of hydrogen-bond acceptors (Lipinski definition) is 5. The predicted octanol–water partition coefficient (Wildman–Crippen LogP) is 4.31. The molecule has 0 radical (unpaired) electrons. The predicted molar refractivity (Wildman–Crippen MR) is 141 cm³/mol. The van der Waals surface area contributed by atoms with Crippen LogP contribution in [0.4, 0.5) is 4.79 Å². The van der Waals surface area contributed by atoms with Crippen LogP contribution < -0.4 is 10.6 Å². The molecule has 1 fully saturated rings. The monoisotopic (exact) mass is 503 g/mol.